The number of aliphatic hydroxyl groups is 1. The van der Waals surface area contributed by atoms with Crippen LogP contribution in [0.1, 0.15) is 194 Å². The first-order valence-corrected chi connectivity index (χ1v) is 18.7. The summed E-state index contributed by atoms with van der Waals surface area (Å²) in [4.78, 5) is 19.9. The topological polar surface area (TPSA) is 107 Å². The summed E-state index contributed by atoms with van der Waals surface area (Å²) in [7, 11) is 0. The minimum atomic E-state index is -0.695. The third-order valence-corrected chi connectivity index (χ3v) is 8.42. The molecular weight excluding hydrogens is 564 g/mol. The maximum Gasteiger partial charge on any atom is 0.303 e. The van der Waals surface area contributed by atoms with Gasteiger partial charge in [0.15, 0.2) is 0 Å². The van der Waals surface area contributed by atoms with E-state index in [1.54, 1.807) is 0 Å². The van der Waals surface area contributed by atoms with E-state index in [4.69, 9.17) is 20.1 Å². The molecule has 3 N–H and O–H groups in total. The zero-order chi connectivity index (χ0) is 36.8. The van der Waals surface area contributed by atoms with Gasteiger partial charge >= 0.3 is 11.9 Å². The van der Waals surface area contributed by atoms with Crippen LogP contribution in [0.15, 0.2) is 0 Å². The van der Waals surface area contributed by atoms with E-state index in [-0.39, 0.29) is 6.10 Å². The molecule has 278 valence electrons. The van der Waals surface area contributed by atoms with Gasteiger partial charge in [-0.2, -0.15) is 0 Å². The molecule has 6 heteroatoms. The van der Waals surface area contributed by atoms with Gasteiger partial charge in [0.2, 0.25) is 0 Å². The maximum absolute atomic E-state index is 9.97. The van der Waals surface area contributed by atoms with Crippen molar-refractivity contribution in [1.29, 1.82) is 0 Å². The molecule has 1 saturated heterocycles. The van der Waals surface area contributed by atoms with Crippen LogP contribution in [-0.2, 0) is 14.3 Å². The highest BCUT2D eigenvalue weighted by Crippen LogP contribution is 2.11. The first kappa shape index (κ1) is 56.2. The summed E-state index contributed by atoms with van der Waals surface area (Å²) in [5.74, 6) is 2.07. The molecule has 0 bridgehead atoms. The molecule has 45 heavy (non-hydrogen) atoms. The third-order valence-electron chi connectivity index (χ3n) is 8.42. The van der Waals surface area contributed by atoms with Gasteiger partial charge in [-0.3, -0.25) is 9.59 Å². The minimum Gasteiger partial charge on any atom is -0.481 e. The fraction of sp³-hybridized carbons (Fsp3) is 0.949. The van der Waals surface area contributed by atoms with Gasteiger partial charge in [-0.15, -0.1) is 0 Å². The van der Waals surface area contributed by atoms with Crippen molar-refractivity contribution in [1.82, 2.24) is 0 Å². The second kappa shape index (κ2) is 45.0. The van der Waals surface area contributed by atoms with Crippen LogP contribution in [-0.4, -0.2) is 46.1 Å². The highest BCUT2D eigenvalue weighted by Gasteiger charge is 2.18. The summed E-state index contributed by atoms with van der Waals surface area (Å²) in [5.41, 5.74) is 0. The normalized spacial score (nSPS) is 13.8. The molecule has 0 aliphatic carbocycles. The van der Waals surface area contributed by atoms with E-state index in [2.05, 4.69) is 69.2 Å². The Morgan fingerprint density at radius 1 is 0.511 bits per heavy atom. The van der Waals surface area contributed by atoms with Crippen LogP contribution in [0, 0.1) is 29.6 Å². The van der Waals surface area contributed by atoms with Gasteiger partial charge in [-0.25, -0.2) is 0 Å². The number of epoxide rings is 1. The van der Waals surface area contributed by atoms with E-state index in [1.165, 1.54) is 44.9 Å². The zero-order valence-electron chi connectivity index (χ0n) is 33.5. The first-order chi connectivity index (χ1) is 21.0. The van der Waals surface area contributed by atoms with Crippen molar-refractivity contribution >= 4 is 11.9 Å². The van der Waals surface area contributed by atoms with Gasteiger partial charge in [0, 0.05) is 12.8 Å². The van der Waals surface area contributed by atoms with Gasteiger partial charge in [0.1, 0.15) is 0 Å². The number of hydrogen-bond acceptors (Lipinski definition) is 4. The van der Waals surface area contributed by atoms with Crippen LogP contribution in [0.25, 0.3) is 0 Å². The van der Waals surface area contributed by atoms with Gasteiger partial charge < -0.3 is 20.1 Å². The van der Waals surface area contributed by atoms with Crippen LogP contribution >= 0.6 is 0 Å². The quantitative estimate of drug-likeness (QED) is 0.152. The van der Waals surface area contributed by atoms with Gasteiger partial charge in [-0.1, -0.05) is 162 Å². The largest absolute Gasteiger partial charge is 0.481 e. The van der Waals surface area contributed by atoms with Crippen molar-refractivity contribution in [2.24, 2.45) is 29.6 Å². The van der Waals surface area contributed by atoms with Crippen LogP contribution in [0.4, 0.5) is 0 Å². The Kier molecular flexibility index (Phi) is 56.2. The Balaban J connectivity index is -0.0000000991. The van der Waals surface area contributed by atoms with Gasteiger partial charge in [0.25, 0.3) is 0 Å². The molecule has 0 amide bonds. The van der Waals surface area contributed by atoms with E-state index in [9.17, 15) is 9.59 Å². The Hall–Kier alpha value is -1.14. The molecule has 0 spiro atoms. The Morgan fingerprint density at radius 2 is 0.733 bits per heavy atom. The predicted molar refractivity (Wildman–Crippen MR) is 199 cm³/mol. The van der Waals surface area contributed by atoms with E-state index >= 15 is 0 Å². The predicted octanol–water partition coefficient (Wildman–Crippen LogP) is 12.3. The number of ether oxygens (including phenoxy) is 1. The average molecular weight is 651 g/mol. The molecule has 1 fully saturated rings. The van der Waals surface area contributed by atoms with Crippen molar-refractivity contribution < 1.29 is 29.6 Å². The number of carboxylic acid groups (broad SMARTS) is 2. The molecule has 0 radical (unpaired) electrons. The van der Waals surface area contributed by atoms with E-state index in [0.717, 1.165) is 50.0 Å². The number of hydrogen-bond donors (Lipinski definition) is 3. The summed E-state index contributed by atoms with van der Waals surface area (Å²) in [6.07, 6.45) is 14.0. The van der Waals surface area contributed by atoms with Crippen molar-refractivity contribution in [3.05, 3.63) is 0 Å². The lowest BCUT2D eigenvalue weighted by Gasteiger charge is -2.00. The smallest absolute Gasteiger partial charge is 0.303 e. The monoisotopic (exact) mass is 651 g/mol. The average Bonchev–Trinajstić information content (AvgIpc) is 3.89. The highest BCUT2D eigenvalue weighted by atomic mass is 16.6. The summed E-state index contributed by atoms with van der Waals surface area (Å²) in [5, 5.41) is 25.1. The fourth-order valence-corrected chi connectivity index (χ4v) is 2.34. The summed E-state index contributed by atoms with van der Waals surface area (Å²) >= 11 is 0. The number of aliphatic hydroxyl groups excluding tert-OH is 1. The number of aliphatic carboxylic acids is 2. The number of carboxylic acids is 2. The second-order valence-electron chi connectivity index (χ2n) is 12.8. The molecule has 0 aromatic heterocycles. The summed E-state index contributed by atoms with van der Waals surface area (Å²) in [6.45, 7) is 35.2. The SMILES string of the molecule is CCC(C)CC.CCC(C)CC.CCC(C)CC.CCC(O)CC.CC[C@@H](C)CC(=O)O.CC[C@@H](C)CC(=O)O.CC[C@@H]1CO1. The third kappa shape index (κ3) is 70.5. The zero-order valence-corrected chi connectivity index (χ0v) is 33.5. The molecule has 1 rings (SSSR count). The van der Waals surface area contributed by atoms with Crippen molar-refractivity contribution in [2.45, 2.75) is 206 Å². The van der Waals surface area contributed by atoms with E-state index < -0.39 is 11.9 Å². The standard InChI is InChI=1S/2C6H12O2.3C6H14.C5H12O.C4H8O/c2*1-3-5(2)4-6(7)8;3*1-4-6(3)5-2;1-3-5(6)4-2;1-2-4-3-5-4/h2*5H,3-4H2,1-2H3,(H,7,8);3*6H,4-5H2,1-3H3;5-6H,3-4H2,1-2H3;4H,2-3H2,1H3/t2*5-;;;;;4-/m11....1/s1. The van der Waals surface area contributed by atoms with Crippen molar-refractivity contribution in [3.8, 4) is 0 Å². The lowest BCUT2D eigenvalue weighted by molar-refractivity contribution is -0.139. The lowest BCUT2D eigenvalue weighted by Crippen LogP contribution is -2.02. The summed E-state index contributed by atoms with van der Waals surface area (Å²) < 4.78 is 4.86. The molecule has 0 unspecified atom stereocenters. The molecule has 3 atom stereocenters. The minimum absolute atomic E-state index is 0.0648. The highest BCUT2D eigenvalue weighted by molar-refractivity contribution is 5.67. The van der Waals surface area contributed by atoms with Crippen LogP contribution in [0.5, 0.6) is 0 Å². The molecular formula is C39H86O6. The number of carbonyl (C=O) groups is 2. The Morgan fingerprint density at radius 3 is 0.756 bits per heavy atom. The Bertz CT molecular complexity index is 472. The van der Waals surface area contributed by atoms with E-state index in [0.29, 0.717) is 30.8 Å². The first-order valence-electron chi connectivity index (χ1n) is 18.7. The van der Waals surface area contributed by atoms with Gasteiger partial charge in [0.05, 0.1) is 18.8 Å². The fourth-order valence-electron chi connectivity index (χ4n) is 2.34. The molecule has 6 nitrogen and oxygen atoms in total. The molecule has 0 aromatic rings. The summed E-state index contributed by atoms with van der Waals surface area (Å²) in [6, 6.07) is 0. The molecule has 0 aromatic carbocycles. The molecule has 0 saturated carbocycles. The Labute approximate surface area is 283 Å². The van der Waals surface area contributed by atoms with Crippen molar-refractivity contribution in [2.75, 3.05) is 6.61 Å². The molecule has 1 aliphatic heterocycles. The lowest BCUT2D eigenvalue weighted by atomic mass is 10.1. The molecule has 1 aliphatic rings. The van der Waals surface area contributed by atoms with Crippen LogP contribution in [0.3, 0.4) is 0 Å². The number of rotatable bonds is 15. The maximum atomic E-state index is 9.97. The van der Waals surface area contributed by atoms with Gasteiger partial charge in [-0.05, 0) is 48.9 Å². The van der Waals surface area contributed by atoms with E-state index in [1.807, 2.05) is 41.5 Å². The second-order valence-corrected chi connectivity index (χ2v) is 12.8. The van der Waals surface area contributed by atoms with Crippen LogP contribution in [0.2, 0.25) is 0 Å². The van der Waals surface area contributed by atoms with Crippen LogP contribution < -0.4 is 0 Å². The molecule has 1 heterocycles. The van der Waals surface area contributed by atoms with Crippen molar-refractivity contribution in [3.63, 3.8) is 0 Å².